The van der Waals surface area contributed by atoms with Gasteiger partial charge in [0.2, 0.25) is 0 Å². The molecule has 0 fully saturated rings. The van der Waals surface area contributed by atoms with E-state index < -0.39 is 5.97 Å². The average Bonchev–Trinajstić information content (AvgIpc) is 3.15. The third-order valence-electron chi connectivity index (χ3n) is 2.52. The standard InChI is InChI=1S/C11H9N7O2/c1-20-10(19)9-12-7-17(14-9)11-13-15-16-18(11)8-5-3-2-4-6-8/h2-7H,1H3. The quantitative estimate of drug-likeness (QED) is 0.619. The average molecular weight is 271 g/mol. The van der Waals surface area contributed by atoms with Crippen LogP contribution in [-0.2, 0) is 4.74 Å². The second kappa shape index (κ2) is 4.88. The lowest BCUT2D eigenvalue weighted by Gasteiger charge is -2.02. The fourth-order valence-electron chi connectivity index (χ4n) is 1.61. The van der Waals surface area contributed by atoms with Gasteiger partial charge in [0.05, 0.1) is 12.8 Å². The number of carbonyl (C=O) groups is 1. The van der Waals surface area contributed by atoms with E-state index in [-0.39, 0.29) is 5.82 Å². The first kappa shape index (κ1) is 12.0. The van der Waals surface area contributed by atoms with Crippen LogP contribution >= 0.6 is 0 Å². The number of para-hydroxylation sites is 1. The molecule has 0 aliphatic carbocycles. The molecule has 0 amide bonds. The Morgan fingerprint density at radius 3 is 2.80 bits per heavy atom. The van der Waals surface area contributed by atoms with Crippen molar-refractivity contribution < 1.29 is 9.53 Å². The van der Waals surface area contributed by atoms with E-state index in [0.717, 1.165) is 5.69 Å². The Bertz CT molecular complexity index is 734. The molecule has 2 aromatic heterocycles. The lowest BCUT2D eigenvalue weighted by Crippen LogP contribution is -2.09. The van der Waals surface area contributed by atoms with Crippen molar-refractivity contribution in [2.24, 2.45) is 0 Å². The number of hydrogen-bond acceptors (Lipinski definition) is 7. The van der Waals surface area contributed by atoms with Crippen molar-refractivity contribution in [3.63, 3.8) is 0 Å². The summed E-state index contributed by atoms with van der Waals surface area (Å²) in [4.78, 5) is 15.2. The molecule has 0 atom stereocenters. The maximum absolute atomic E-state index is 11.3. The van der Waals surface area contributed by atoms with Gasteiger partial charge in [-0.3, -0.25) is 0 Å². The van der Waals surface area contributed by atoms with Crippen LogP contribution in [0.25, 0.3) is 11.6 Å². The zero-order valence-corrected chi connectivity index (χ0v) is 10.4. The van der Waals surface area contributed by atoms with Crippen molar-refractivity contribution in [1.82, 2.24) is 35.0 Å². The minimum Gasteiger partial charge on any atom is -0.463 e. The first-order valence-corrected chi connectivity index (χ1v) is 5.64. The molecule has 20 heavy (non-hydrogen) atoms. The third kappa shape index (κ3) is 2.00. The molecule has 0 spiro atoms. The summed E-state index contributed by atoms with van der Waals surface area (Å²) < 4.78 is 7.33. The van der Waals surface area contributed by atoms with Gasteiger partial charge in [0.1, 0.15) is 6.33 Å². The fourth-order valence-corrected chi connectivity index (χ4v) is 1.61. The molecule has 0 bridgehead atoms. The lowest BCUT2D eigenvalue weighted by atomic mass is 10.3. The van der Waals surface area contributed by atoms with Gasteiger partial charge >= 0.3 is 5.97 Å². The normalized spacial score (nSPS) is 10.4. The Labute approximate surface area is 112 Å². The van der Waals surface area contributed by atoms with Gasteiger partial charge in [-0.25, -0.2) is 9.78 Å². The molecule has 9 heteroatoms. The van der Waals surface area contributed by atoms with E-state index in [1.54, 1.807) is 0 Å². The summed E-state index contributed by atoms with van der Waals surface area (Å²) in [5, 5.41) is 15.3. The monoisotopic (exact) mass is 271 g/mol. The number of esters is 1. The zero-order chi connectivity index (χ0) is 13.9. The summed E-state index contributed by atoms with van der Waals surface area (Å²) in [7, 11) is 1.26. The number of tetrazole rings is 1. The topological polar surface area (TPSA) is 101 Å². The van der Waals surface area contributed by atoms with Gasteiger partial charge in [-0.05, 0) is 22.6 Å². The van der Waals surface area contributed by atoms with E-state index in [4.69, 9.17) is 0 Å². The van der Waals surface area contributed by atoms with Crippen molar-refractivity contribution in [2.75, 3.05) is 7.11 Å². The first-order chi connectivity index (χ1) is 9.79. The highest BCUT2D eigenvalue weighted by atomic mass is 16.5. The van der Waals surface area contributed by atoms with Gasteiger partial charge < -0.3 is 4.74 Å². The van der Waals surface area contributed by atoms with Crippen molar-refractivity contribution in [1.29, 1.82) is 0 Å². The third-order valence-corrected chi connectivity index (χ3v) is 2.52. The lowest BCUT2D eigenvalue weighted by molar-refractivity contribution is 0.0587. The van der Waals surface area contributed by atoms with E-state index in [1.165, 1.54) is 22.8 Å². The van der Waals surface area contributed by atoms with Gasteiger partial charge in [-0.15, -0.1) is 5.10 Å². The van der Waals surface area contributed by atoms with Gasteiger partial charge in [0.25, 0.3) is 11.8 Å². The van der Waals surface area contributed by atoms with Crippen LogP contribution in [0, 0.1) is 0 Å². The zero-order valence-electron chi connectivity index (χ0n) is 10.4. The summed E-state index contributed by atoms with van der Waals surface area (Å²) in [6, 6.07) is 9.30. The molecule has 100 valence electrons. The molecule has 0 saturated heterocycles. The molecule has 0 aliphatic rings. The molecule has 0 aliphatic heterocycles. The summed E-state index contributed by atoms with van der Waals surface area (Å²) >= 11 is 0. The van der Waals surface area contributed by atoms with Gasteiger partial charge in [-0.1, -0.05) is 23.3 Å². The number of carbonyl (C=O) groups excluding carboxylic acids is 1. The Morgan fingerprint density at radius 2 is 2.05 bits per heavy atom. The van der Waals surface area contributed by atoms with Crippen LogP contribution in [0.5, 0.6) is 0 Å². The van der Waals surface area contributed by atoms with Crippen LogP contribution < -0.4 is 0 Å². The Hall–Kier alpha value is -3.10. The molecule has 0 N–H and O–H groups in total. The van der Waals surface area contributed by atoms with Crippen molar-refractivity contribution in [3.8, 4) is 11.6 Å². The second-order valence-corrected chi connectivity index (χ2v) is 3.73. The number of rotatable bonds is 3. The molecule has 3 rings (SSSR count). The summed E-state index contributed by atoms with van der Waals surface area (Å²) in [6.07, 6.45) is 1.34. The van der Waals surface area contributed by atoms with E-state index in [0.29, 0.717) is 5.95 Å². The molecule has 9 nitrogen and oxygen atoms in total. The summed E-state index contributed by atoms with van der Waals surface area (Å²) in [5.41, 5.74) is 0.766. The molecule has 0 radical (unpaired) electrons. The predicted molar refractivity (Wildman–Crippen MR) is 65.4 cm³/mol. The van der Waals surface area contributed by atoms with E-state index >= 15 is 0 Å². The SMILES string of the molecule is COC(=O)c1ncn(-c2nnnn2-c2ccccc2)n1. The molecule has 1 aromatic carbocycles. The van der Waals surface area contributed by atoms with E-state index in [9.17, 15) is 4.79 Å². The maximum Gasteiger partial charge on any atom is 0.377 e. The number of nitrogens with zero attached hydrogens (tertiary/aromatic N) is 7. The smallest absolute Gasteiger partial charge is 0.377 e. The first-order valence-electron chi connectivity index (χ1n) is 5.64. The van der Waals surface area contributed by atoms with Crippen LogP contribution in [0.4, 0.5) is 0 Å². The number of hydrogen-bond donors (Lipinski definition) is 0. The molecule has 0 unspecified atom stereocenters. The number of methoxy groups -OCH3 is 1. The Balaban J connectivity index is 2.02. The number of benzene rings is 1. The van der Waals surface area contributed by atoms with Crippen molar-refractivity contribution in [2.45, 2.75) is 0 Å². The Morgan fingerprint density at radius 1 is 1.25 bits per heavy atom. The van der Waals surface area contributed by atoms with Gasteiger partial charge in [0.15, 0.2) is 0 Å². The van der Waals surface area contributed by atoms with Crippen molar-refractivity contribution in [3.05, 3.63) is 42.5 Å². The molecule has 3 aromatic rings. The highest BCUT2D eigenvalue weighted by Crippen LogP contribution is 2.09. The van der Waals surface area contributed by atoms with Crippen LogP contribution in [-0.4, -0.2) is 48.1 Å². The molecule has 0 saturated carbocycles. The molecular formula is C11H9N7O2. The summed E-state index contributed by atoms with van der Waals surface area (Å²) in [6.45, 7) is 0. The number of ether oxygens (including phenoxy) is 1. The van der Waals surface area contributed by atoms with E-state index in [2.05, 4.69) is 30.3 Å². The predicted octanol–water partition coefficient (Wildman–Crippen LogP) is 0.0296. The second-order valence-electron chi connectivity index (χ2n) is 3.73. The maximum atomic E-state index is 11.3. The molecular weight excluding hydrogens is 262 g/mol. The van der Waals surface area contributed by atoms with E-state index in [1.807, 2.05) is 30.3 Å². The Kier molecular flexibility index (Phi) is 2.92. The van der Waals surface area contributed by atoms with Crippen LogP contribution in [0.3, 0.4) is 0 Å². The minimum absolute atomic E-state index is 0.0601. The summed E-state index contributed by atoms with van der Waals surface area (Å²) in [5.74, 6) is -0.364. The molecule has 2 heterocycles. The van der Waals surface area contributed by atoms with Crippen LogP contribution in [0.15, 0.2) is 36.7 Å². The minimum atomic E-state index is -0.623. The van der Waals surface area contributed by atoms with Gasteiger partial charge in [0, 0.05) is 0 Å². The highest BCUT2D eigenvalue weighted by Gasteiger charge is 2.16. The van der Waals surface area contributed by atoms with Crippen LogP contribution in [0.1, 0.15) is 10.6 Å². The van der Waals surface area contributed by atoms with Crippen LogP contribution in [0.2, 0.25) is 0 Å². The largest absolute Gasteiger partial charge is 0.463 e. The van der Waals surface area contributed by atoms with Crippen molar-refractivity contribution >= 4 is 5.97 Å². The fraction of sp³-hybridized carbons (Fsp3) is 0.0909. The number of aromatic nitrogens is 7. The highest BCUT2D eigenvalue weighted by molar-refractivity contribution is 5.84. The van der Waals surface area contributed by atoms with Gasteiger partial charge in [-0.2, -0.15) is 9.36 Å².